The largest absolute Gasteiger partial charge is 0.495 e. The number of carbonyl (C=O) groups is 2. The first-order valence-corrected chi connectivity index (χ1v) is 14.3. The van der Waals surface area contributed by atoms with Gasteiger partial charge in [-0.2, -0.15) is 0 Å². The number of anilines is 2. The monoisotopic (exact) mass is 569 g/mol. The minimum Gasteiger partial charge on any atom is -0.495 e. The number of para-hydroxylation sites is 1. The number of ether oxygens (including phenoxy) is 3. The van der Waals surface area contributed by atoms with Gasteiger partial charge in [-0.25, -0.2) is 8.42 Å². The third-order valence-corrected chi connectivity index (χ3v) is 7.21. The fourth-order valence-electron chi connectivity index (χ4n) is 3.87. The SMILES string of the molecule is CCOc1ccc(NS(=O)(=O)c2cc(NC(=O)C(NC(=O)c3ccccc3OCC)C(C)C)ccc2OC)cc1. The normalized spacial score (nSPS) is 11.8. The Labute approximate surface area is 235 Å². The second-order valence-electron chi connectivity index (χ2n) is 9.04. The van der Waals surface area contributed by atoms with Crippen molar-refractivity contribution in [1.29, 1.82) is 0 Å². The van der Waals surface area contributed by atoms with Gasteiger partial charge in [-0.1, -0.05) is 26.0 Å². The molecule has 0 aromatic heterocycles. The first kappa shape index (κ1) is 30.3. The Kier molecular flexibility index (Phi) is 10.4. The summed E-state index contributed by atoms with van der Waals surface area (Å²) in [6.07, 6.45) is 0. The van der Waals surface area contributed by atoms with Gasteiger partial charge in [0.1, 0.15) is 28.2 Å². The van der Waals surface area contributed by atoms with Gasteiger partial charge in [-0.15, -0.1) is 0 Å². The lowest BCUT2D eigenvalue weighted by atomic mass is 10.0. The summed E-state index contributed by atoms with van der Waals surface area (Å²) in [7, 11) is -2.74. The average Bonchev–Trinajstić information content (AvgIpc) is 2.93. The highest BCUT2D eigenvalue weighted by Gasteiger charge is 2.27. The van der Waals surface area contributed by atoms with Crippen LogP contribution in [0.15, 0.2) is 71.6 Å². The standard InChI is InChI=1S/C29H35N3O7S/c1-6-38-22-15-12-20(13-16-22)32-40(35,36)26-18-21(14-17-25(26)37-5)30-29(34)27(19(3)4)31-28(33)23-10-8-9-11-24(23)39-7-2/h8-19,27,32H,6-7H2,1-5H3,(H,30,34)(H,31,33). The first-order valence-electron chi connectivity index (χ1n) is 12.9. The minimum absolute atomic E-state index is 0.0951. The summed E-state index contributed by atoms with van der Waals surface area (Å²) in [6, 6.07) is 16.6. The molecule has 214 valence electrons. The molecule has 0 saturated carbocycles. The van der Waals surface area contributed by atoms with Crippen LogP contribution in [0.4, 0.5) is 11.4 Å². The summed E-state index contributed by atoms with van der Waals surface area (Å²) in [5, 5.41) is 5.49. The van der Waals surface area contributed by atoms with E-state index in [0.29, 0.717) is 36.0 Å². The molecular formula is C29H35N3O7S. The van der Waals surface area contributed by atoms with E-state index in [1.807, 2.05) is 13.8 Å². The molecule has 0 aliphatic heterocycles. The van der Waals surface area contributed by atoms with Crippen LogP contribution in [0.2, 0.25) is 0 Å². The zero-order chi connectivity index (χ0) is 29.3. The van der Waals surface area contributed by atoms with Gasteiger partial charge in [0.15, 0.2) is 0 Å². The number of amides is 2. The van der Waals surface area contributed by atoms with Crippen LogP contribution >= 0.6 is 0 Å². The molecule has 0 bridgehead atoms. The lowest BCUT2D eigenvalue weighted by molar-refractivity contribution is -0.118. The summed E-state index contributed by atoms with van der Waals surface area (Å²) >= 11 is 0. The van der Waals surface area contributed by atoms with Gasteiger partial charge in [0.25, 0.3) is 15.9 Å². The average molecular weight is 570 g/mol. The van der Waals surface area contributed by atoms with Crippen molar-refractivity contribution in [1.82, 2.24) is 5.32 Å². The molecule has 0 saturated heterocycles. The fourth-order valence-corrected chi connectivity index (χ4v) is 5.12. The molecule has 0 heterocycles. The molecule has 0 spiro atoms. The predicted octanol–water partition coefficient (Wildman–Crippen LogP) is 4.69. The van der Waals surface area contributed by atoms with E-state index in [9.17, 15) is 18.0 Å². The maximum Gasteiger partial charge on any atom is 0.265 e. The van der Waals surface area contributed by atoms with Crippen LogP contribution < -0.4 is 29.6 Å². The van der Waals surface area contributed by atoms with Crippen molar-refractivity contribution in [2.45, 2.75) is 38.6 Å². The van der Waals surface area contributed by atoms with Gasteiger partial charge < -0.3 is 24.8 Å². The Morgan fingerprint density at radius 3 is 2.12 bits per heavy atom. The zero-order valence-electron chi connectivity index (χ0n) is 23.2. The number of hydrogen-bond acceptors (Lipinski definition) is 7. The predicted molar refractivity (Wildman–Crippen MR) is 154 cm³/mol. The molecule has 0 aliphatic carbocycles. The van der Waals surface area contributed by atoms with Gasteiger partial charge in [-0.05, 0) is 74.4 Å². The maximum atomic E-state index is 13.3. The number of hydrogen-bond donors (Lipinski definition) is 3. The highest BCUT2D eigenvalue weighted by Crippen LogP contribution is 2.30. The van der Waals surface area contributed by atoms with Crippen LogP contribution in [-0.4, -0.2) is 46.6 Å². The molecule has 11 heteroatoms. The third kappa shape index (κ3) is 7.66. The zero-order valence-corrected chi connectivity index (χ0v) is 24.0. The lowest BCUT2D eigenvalue weighted by Gasteiger charge is -2.22. The van der Waals surface area contributed by atoms with E-state index in [2.05, 4.69) is 15.4 Å². The molecule has 3 aromatic carbocycles. The van der Waals surface area contributed by atoms with Crippen LogP contribution in [0, 0.1) is 5.92 Å². The van der Waals surface area contributed by atoms with Gasteiger partial charge in [-0.3, -0.25) is 14.3 Å². The number of benzene rings is 3. The van der Waals surface area contributed by atoms with E-state index in [1.54, 1.807) is 62.4 Å². The van der Waals surface area contributed by atoms with E-state index in [1.165, 1.54) is 25.3 Å². The van der Waals surface area contributed by atoms with Gasteiger partial charge in [0, 0.05) is 11.4 Å². The molecule has 1 unspecified atom stereocenters. The molecule has 3 N–H and O–H groups in total. The summed E-state index contributed by atoms with van der Waals surface area (Å²) in [5.41, 5.74) is 0.850. The summed E-state index contributed by atoms with van der Waals surface area (Å²) in [5.74, 6) is -0.124. The highest BCUT2D eigenvalue weighted by molar-refractivity contribution is 7.92. The van der Waals surface area contributed by atoms with Crippen LogP contribution in [0.3, 0.4) is 0 Å². The smallest absolute Gasteiger partial charge is 0.265 e. The molecule has 1 atom stereocenters. The molecule has 0 fully saturated rings. The quantitative estimate of drug-likeness (QED) is 0.272. The number of sulfonamides is 1. The molecule has 0 radical (unpaired) electrons. The van der Waals surface area contributed by atoms with Crippen molar-refractivity contribution in [2.24, 2.45) is 5.92 Å². The van der Waals surface area contributed by atoms with Crippen LogP contribution in [0.1, 0.15) is 38.1 Å². The summed E-state index contributed by atoms with van der Waals surface area (Å²) in [4.78, 5) is 26.1. The first-order chi connectivity index (χ1) is 19.1. The van der Waals surface area contributed by atoms with E-state index < -0.39 is 27.9 Å². The van der Waals surface area contributed by atoms with Crippen molar-refractivity contribution < 1.29 is 32.2 Å². The Morgan fingerprint density at radius 2 is 1.50 bits per heavy atom. The van der Waals surface area contributed by atoms with Gasteiger partial charge >= 0.3 is 0 Å². The molecule has 2 amide bonds. The second-order valence-corrected chi connectivity index (χ2v) is 10.7. The molecule has 0 aliphatic rings. The number of rotatable bonds is 13. The minimum atomic E-state index is -4.09. The van der Waals surface area contributed by atoms with Crippen molar-refractivity contribution in [3.8, 4) is 17.2 Å². The Balaban J connectivity index is 1.81. The Hall–Kier alpha value is -4.25. The van der Waals surface area contributed by atoms with Crippen molar-refractivity contribution in [2.75, 3.05) is 30.4 Å². The number of carbonyl (C=O) groups excluding carboxylic acids is 2. The van der Waals surface area contributed by atoms with Crippen LogP contribution in [-0.2, 0) is 14.8 Å². The number of methoxy groups -OCH3 is 1. The Morgan fingerprint density at radius 1 is 0.850 bits per heavy atom. The van der Waals surface area contributed by atoms with Crippen molar-refractivity contribution >= 4 is 33.2 Å². The van der Waals surface area contributed by atoms with Crippen molar-refractivity contribution in [3.63, 3.8) is 0 Å². The molecular weight excluding hydrogens is 534 g/mol. The van der Waals surface area contributed by atoms with Crippen LogP contribution in [0.25, 0.3) is 0 Å². The number of nitrogens with one attached hydrogen (secondary N) is 3. The topological polar surface area (TPSA) is 132 Å². The van der Waals surface area contributed by atoms with Gasteiger partial charge in [0.05, 0.1) is 25.9 Å². The highest BCUT2D eigenvalue weighted by atomic mass is 32.2. The molecule has 40 heavy (non-hydrogen) atoms. The van der Waals surface area contributed by atoms with E-state index in [0.717, 1.165) is 0 Å². The van der Waals surface area contributed by atoms with E-state index in [4.69, 9.17) is 14.2 Å². The van der Waals surface area contributed by atoms with E-state index in [-0.39, 0.29) is 22.3 Å². The second kappa shape index (κ2) is 13.7. The van der Waals surface area contributed by atoms with Gasteiger partial charge in [0.2, 0.25) is 5.91 Å². The molecule has 10 nitrogen and oxygen atoms in total. The summed E-state index contributed by atoms with van der Waals surface area (Å²) in [6.45, 7) is 8.13. The van der Waals surface area contributed by atoms with Crippen LogP contribution in [0.5, 0.6) is 17.2 Å². The molecule has 3 rings (SSSR count). The molecule has 3 aromatic rings. The third-order valence-electron chi connectivity index (χ3n) is 5.81. The maximum absolute atomic E-state index is 13.3. The lowest BCUT2D eigenvalue weighted by Crippen LogP contribution is -2.47. The summed E-state index contributed by atoms with van der Waals surface area (Å²) < 4.78 is 45.2. The van der Waals surface area contributed by atoms with Crippen molar-refractivity contribution in [3.05, 3.63) is 72.3 Å². The Bertz CT molecular complexity index is 1420. The van der Waals surface area contributed by atoms with E-state index >= 15 is 0 Å². The fraction of sp³-hybridized carbons (Fsp3) is 0.310.